The van der Waals surface area contributed by atoms with Gasteiger partial charge in [-0.3, -0.25) is 0 Å². The monoisotopic (exact) mass is 254 g/mol. The molecule has 3 heteroatoms. The fourth-order valence-corrected chi connectivity index (χ4v) is 1.64. The van der Waals surface area contributed by atoms with Gasteiger partial charge >= 0.3 is 0 Å². The van der Waals surface area contributed by atoms with E-state index in [2.05, 4.69) is 24.0 Å². The molecule has 0 saturated carbocycles. The maximum Gasteiger partial charge on any atom is 0.109 e. The van der Waals surface area contributed by atoms with Crippen LogP contribution in [0.1, 0.15) is 37.3 Å². The minimum atomic E-state index is 0.367. The van der Waals surface area contributed by atoms with Crippen LogP contribution < -0.4 is 0 Å². The first-order valence-corrected chi connectivity index (χ1v) is 6.26. The first-order valence-electron chi connectivity index (χ1n) is 5.88. The molecule has 0 atom stereocenters. The predicted molar refractivity (Wildman–Crippen MR) is 71.8 cm³/mol. The number of halogens is 1. The summed E-state index contributed by atoms with van der Waals surface area (Å²) in [4.78, 5) is 9.47. The molecule has 94 valence electrons. The molecule has 0 aliphatic heterocycles. The second-order valence-electron chi connectivity index (χ2n) is 3.82. The average Bonchev–Trinajstić information content (AvgIpc) is 2.35. The van der Waals surface area contributed by atoms with E-state index in [1.165, 1.54) is 20.0 Å². The van der Waals surface area contributed by atoms with Crippen LogP contribution in [-0.2, 0) is 16.4 Å². The van der Waals surface area contributed by atoms with Gasteiger partial charge in [-0.1, -0.05) is 49.6 Å². The van der Waals surface area contributed by atoms with E-state index in [4.69, 9.17) is 16.5 Å². The fraction of sp³-hybridized carbons (Fsp3) is 0.429. The maximum atomic E-state index is 6.06. The van der Waals surface area contributed by atoms with Crippen molar-refractivity contribution in [3.05, 3.63) is 40.4 Å². The SMILES string of the molecule is CCCCC=Cc1ccc(Cl)c(COOC)c1. The molecule has 0 N–H and O–H groups in total. The minimum absolute atomic E-state index is 0.367. The summed E-state index contributed by atoms with van der Waals surface area (Å²) >= 11 is 6.06. The van der Waals surface area contributed by atoms with Crippen molar-refractivity contribution in [3.8, 4) is 0 Å². The Hall–Kier alpha value is -0.830. The highest BCUT2D eigenvalue weighted by atomic mass is 35.5. The molecule has 0 aliphatic carbocycles. The number of hydrogen-bond donors (Lipinski definition) is 0. The van der Waals surface area contributed by atoms with Crippen LogP contribution in [0.15, 0.2) is 24.3 Å². The van der Waals surface area contributed by atoms with Gasteiger partial charge in [0.2, 0.25) is 0 Å². The van der Waals surface area contributed by atoms with E-state index in [0.717, 1.165) is 17.5 Å². The van der Waals surface area contributed by atoms with E-state index >= 15 is 0 Å². The van der Waals surface area contributed by atoms with Gasteiger partial charge in [0.05, 0.1) is 7.11 Å². The summed E-state index contributed by atoms with van der Waals surface area (Å²) < 4.78 is 0. The van der Waals surface area contributed by atoms with Crippen LogP contribution >= 0.6 is 11.6 Å². The Balaban J connectivity index is 2.64. The van der Waals surface area contributed by atoms with Crippen LogP contribution in [0.25, 0.3) is 6.08 Å². The van der Waals surface area contributed by atoms with Crippen molar-refractivity contribution >= 4 is 17.7 Å². The third-order valence-electron chi connectivity index (χ3n) is 2.44. The highest BCUT2D eigenvalue weighted by Crippen LogP contribution is 2.19. The molecule has 0 unspecified atom stereocenters. The predicted octanol–water partition coefficient (Wildman–Crippen LogP) is 4.62. The Kier molecular flexibility index (Phi) is 6.94. The molecule has 0 fully saturated rings. The van der Waals surface area contributed by atoms with Crippen LogP contribution in [0.2, 0.25) is 5.02 Å². The summed E-state index contributed by atoms with van der Waals surface area (Å²) in [5, 5.41) is 0.702. The lowest BCUT2D eigenvalue weighted by Crippen LogP contribution is -1.92. The number of rotatable bonds is 7. The van der Waals surface area contributed by atoms with E-state index in [9.17, 15) is 0 Å². The van der Waals surface area contributed by atoms with Crippen molar-refractivity contribution in [2.45, 2.75) is 32.8 Å². The zero-order chi connectivity index (χ0) is 12.5. The second kappa shape index (κ2) is 8.29. The first-order chi connectivity index (χ1) is 8.27. The van der Waals surface area contributed by atoms with E-state index in [1.54, 1.807) is 0 Å². The molecular weight excluding hydrogens is 236 g/mol. The van der Waals surface area contributed by atoms with Crippen molar-refractivity contribution in [1.82, 2.24) is 0 Å². The van der Waals surface area contributed by atoms with Crippen LogP contribution in [0.3, 0.4) is 0 Å². The molecule has 0 radical (unpaired) electrons. The van der Waals surface area contributed by atoms with Crippen molar-refractivity contribution in [3.63, 3.8) is 0 Å². The molecule has 0 bridgehead atoms. The van der Waals surface area contributed by atoms with Gasteiger partial charge in [0.15, 0.2) is 0 Å². The van der Waals surface area contributed by atoms with Gasteiger partial charge in [0.25, 0.3) is 0 Å². The standard InChI is InChI=1S/C14H19ClO2/c1-3-4-5-6-7-12-8-9-14(15)13(10-12)11-17-16-2/h6-10H,3-5,11H2,1-2H3. The molecule has 1 rings (SSSR count). The molecule has 0 amide bonds. The zero-order valence-electron chi connectivity index (χ0n) is 10.4. The van der Waals surface area contributed by atoms with Crippen LogP contribution in [-0.4, -0.2) is 7.11 Å². The lowest BCUT2D eigenvalue weighted by Gasteiger charge is -2.04. The Morgan fingerprint density at radius 1 is 1.35 bits per heavy atom. The third-order valence-corrected chi connectivity index (χ3v) is 2.81. The molecule has 0 aliphatic rings. The molecule has 0 aromatic heterocycles. The molecule has 2 nitrogen and oxygen atoms in total. The number of hydrogen-bond acceptors (Lipinski definition) is 2. The van der Waals surface area contributed by atoms with Crippen LogP contribution in [0.4, 0.5) is 0 Å². The summed E-state index contributed by atoms with van der Waals surface area (Å²) in [6.07, 6.45) is 7.86. The van der Waals surface area contributed by atoms with Gasteiger partial charge in [-0.15, -0.1) is 0 Å². The van der Waals surface area contributed by atoms with E-state index in [1.807, 2.05) is 18.2 Å². The van der Waals surface area contributed by atoms with Crippen LogP contribution in [0, 0.1) is 0 Å². The molecule has 1 aromatic carbocycles. The van der Waals surface area contributed by atoms with Crippen molar-refractivity contribution in [2.24, 2.45) is 0 Å². The van der Waals surface area contributed by atoms with E-state index < -0.39 is 0 Å². The Morgan fingerprint density at radius 3 is 2.88 bits per heavy atom. The summed E-state index contributed by atoms with van der Waals surface area (Å²) in [7, 11) is 1.49. The summed E-state index contributed by atoms with van der Waals surface area (Å²) in [5.74, 6) is 0. The fourth-order valence-electron chi connectivity index (χ4n) is 1.47. The quantitative estimate of drug-likeness (QED) is 0.402. The molecule has 0 saturated heterocycles. The summed E-state index contributed by atoms with van der Waals surface area (Å²) in [5.41, 5.74) is 2.08. The molecule has 1 aromatic rings. The van der Waals surface area contributed by atoms with Crippen molar-refractivity contribution in [2.75, 3.05) is 7.11 Å². The van der Waals surface area contributed by atoms with Gasteiger partial charge in [-0.25, -0.2) is 9.78 Å². The molecule has 17 heavy (non-hydrogen) atoms. The molecule has 0 heterocycles. The van der Waals surface area contributed by atoms with Crippen molar-refractivity contribution < 1.29 is 9.78 Å². The lowest BCUT2D eigenvalue weighted by atomic mass is 10.1. The highest BCUT2D eigenvalue weighted by molar-refractivity contribution is 6.31. The van der Waals surface area contributed by atoms with E-state index in [-0.39, 0.29) is 0 Å². The first kappa shape index (κ1) is 14.2. The van der Waals surface area contributed by atoms with E-state index in [0.29, 0.717) is 11.6 Å². The van der Waals surface area contributed by atoms with Crippen LogP contribution in [0.5, 0.6) is 0 Å². The average molecular weight is 255 g/mol. The summed E-state index contributed by atoms with van der Waals surface area (Å²) in [6.45, 7) is 2.56. The normalized spacial score (nSPS) is 11.2. The Morgan fingerprint density at radius 2 is 2.18 bits per heavy atom. The second-order valence-corrected chi connectivity index (χ2v) is 4.23. The maximum absolute atomic E-state index is 6.06. The topological polar surface area (TPSA) is 18.5 Å². The zero-order valence-corrected chi connectivity index (χ0v) is 11.2. The van der Waals surface area contributed by atoms with Gasteiger partial charge in [-0.2, -0.15) is 0 Å². The largest absolute Gasteiger partial charge is 0.240 e. The van der Waals surface area contributed by atoms with Gasteiger partial charge in [0, 0.05) is 10.6 Å². The Bertz CT molecular complexity index is 361. The van der Waals surface area contributed by atoms with Gasteiger partial charge in [0.1, 0.15) is 6.61 Å². The Labute approximate surface area is 108 Å². The lowest BCUT2D eigenvalue weighted by molar-refractivity contribution is -0.282. The number of benzene rings is 1. The number of unbranched alkanes of at least 4 members (excludes halogenated alkanes) is 2. The summed E-state index contributed by atoms with van der Waals surface area (Å²) in [6, 6.07) is 5.90. The van der Waals surface area contributed by atoms with Gasteiger partial charge < -0.3 is 0 Å². The molecular formula is C14H19ClO2. The number of allylic oxidation sites excluding steroid dienone is 1. The molecule has 0 spiro atoms. The van der Waals surface area contributed by atoms with Crippen molar-refractivity contribution in [1.29, 1.82) is 0 Å². The van der Waals surface area contributed by atoms with Gasteiger partial charge in [-0.05, 0) is 24.1 Å². The highest BCUT2D eigenvalue weighted by Gasteiger charge is 2.01. The smallest absolute Gasteiger partial charge is 0.109 e. The minimum Gasteiger partial charge on any atom is -0.240 e. The third kappa shape index (κ3) is 5.35.